The van der Waals surface area contributed by atoms with Gasteiger partial charge in [-0.2, -0.15) is 0 Å². The summed E-state index contributed by atoms with van der Waals surface area (Å²) < 4.78 is 3.34. The molecule has 4 unspecified atom stereocenters. The van der Waals surface area contributed by atoms with E-state index in [9.17, 15) is 0 Å². The van der Waals surface area contributed by atoms with Crippen molar-refractivity contribution in [2.45, 2.75) is 109 Å². The average molecular weight is 724 g/mol. The van der Waals surface area contributed by atoms with Crippen LogP contribution in [0.5, 0.6) is 0 Å². The summed E-state index contributed by atoms with van der Waals surface area (Å²) >= 11 is -2.64. The summed E-state index contributed by atoms with van der Waals surface area (Å²) in [4.78, 5) is 0. The van der Waals surface area contributed by atoms with Gasteiger partial charge in [-0.3, -0.25) is 0 Å². The normalized spacial score (nSPS) is 23.4. The van der Waals surface area contributed by atoms with Gasteiger partial charge in [0.2, 0.25) is 0 Å². The van der Waals surface area contributed by atoms with Gasteiger partial charge in [0, 0.05) is 0 Å². The van der Waals surface area contributed by atoms with Crippen molar-refractivity contribution in [3.05, 3.63) is 129 Å². The molecule has 4 aromatic carbocycles. The van der Waals surface area contributed by atoms with E-state index in [-0.39, 0.29) is 24.8 Å². The Labute approximate surface area is 312 Å². The second-order valence-electron chi connectivity index (χ2n) is 15.7. The molecule has 0 spiro atoms. The molecule has 8 rings (SSSR count). The Kier molecular flexibility index (Phi) is 10.7. The van der Waals surface area contributed by atoms with Crippen LogP contribution in [0.25, 0.3) is 34.4 Å². The molecular formula is C46H52Cl2Ti. The van der Waals surface area contributed by atoms with E-state index in [2.05, 4.69) is 139 Å². The Balaban J connectivity index is 0.00000208. The maximum Gasteiger partial charge on any atom is -1.00 e. The van der Waals surface area contributed by atoms with Gasteiger partial charge in [0.1, 0.15) is 0 Å². The Morgan fingerprint density at radius 2 is 0.939 bits per heavy atom. The van der Waals surface area contributed by atoms with Crippen LogP contribution in [-0.4, -0.2) is 0 Å². The van der Waals surface area contributed by atoms with Crippen molar-refractivity contribution in [2.24, 2.45) is 0 Å². The Morgan fingerprint density at radius 1 is 0.551 bits per heavy atom. The van der Waals surface area contributed by atoms with Gasteiger partial charge >= 0.3 is 289 Å². The van der Waals surface area contributed by atoms with Gasteiger partial charge in [0.05, 0.1) is 0 Å². The summed E-state index contributed by atoms with van der Waals surface area (Å²) in [5.74, 6) is 1.12. The third-order valence-electron chi connectivity index (χ3n) is 12.8. The maximum absolute atomic E-state index is 2.68. The number of fused-ring (bicyclic) bond motifs is 3. The molecule has 0 nitrogen and oxygen atoms in total. The van der Waals surface area contributed by atoms with Gasteiger partial charge in [0.15, 0.2) is 0 Å². The quantitative estimate of drug-likeness (QED) is 0.162. The molecular weight excluding hydrogens is 671 g/mol. The van der Waals surface area contributed by atoms with E-state index in [0.29, 0.717) is 20.3 Å². The van der Waals surface area contributed by atoms with Crippen LogP contribution in [0.2, 0.25) is 8.45 Å². The molecule has 3 heteroatoms. The molecule has 1 aliphatic heterocycles. The molecule has 4 aliphatic rings. The standard InChI is InChI=1S/2C20H21.C6H10.2ClH.Ti/c2*1-4-15-12-18-6-5-7-19(20(18)13-15)17-10-8-16(9-11-17)14(2)3;1-2-4-6-5-3-1;;;/h2*5-14H,4H2,1-3H3;1-2H,3-6H2;2*1H;/q;;;;;+2/p-2. The minimum atomic E-state index is -2.64. The van der Waals surface area contributed by atoms with Crippen molar-refractivity contribution in [2.75, 3.05) is 0 Å². The molecule has 49 heavy (non-hydrogen) atoms. The first kappa shape index (κ1) is 36.4. The third-order valence-corrected chi connectivity index (χ3v) is 23.7. The topological polar surface area (TPSA) is 0 Å². The van der Waals surface area contributed by atoms with E-state index in [1.807, 2.05) is 0 Å². The van der Waals surface area contributed by atoms with Crippen LogP contribution in [0.1, 0.15) is 134 Å². The Morgan fingerprint density at radius 3 is 1.29 bits per heavy atom. The number of hydrogen-bond donors (Lipinski definition) is 0. The van der Waals surface area contributed by atoms with Gasteiger partial charge in [-0.1, -0.05) is 0 Å². The summed E-state index contributed by atoms with van der Waals surface area (Å²) in [6, 6.07) is 33.6. The molecule has 0 N–H and O–H groups in total. The first-order valence-corrected chi connectivity index (χ1v) is 22.4. The van der Waals surface area contributed by atoms with Crippen LogP contribution >= 0.6 is 0 Å². The predicted octanol–water partition coefficient (Wildman–Crippen LogP) is 7.99. The molecule has 0 bridgehead atoms. The van der Waals surface area contributed by atoms with E-state index in [0.717, 1.165) is 8.45 Å². The monoisotopic (exact) mass is 722 g/mol. The molecule has 2 fully saturated rings. The van der Waals surface area contributed by atoms with E-state index in [1.165, 1.54) is 71.9 Å². The summed E-state index contributed by atoms with van der Waals surface area (Å²) in [5, 5.41) is 0. The third kappa shape index (κ3) is 5.78. The van der Waals surface area contributed by atoms with Gasteiger partial charge < -0.3 is 24.8 Å². The summed E-state index contributed by atoms with van der Waals surface area (Å²) in [7, 11) is 0. The zero-order valence-electron chi connectivity index (χ0n) is 30.2. The molecule has 0 aromatic heterocycles. The molecule has 3 aliphatic carbocycles. The van der Waals surface area contributed by atoms with Crippen molar-refractivity contribution in [1.29, 1.82) is 0 Å². The van der Waals surface area contributed by atoms with E-state index in [1.54, 1.807) is 33.4 Å². The van der Waals surface area contributed by atoms with Crippen LogP contribution in [-0.2, 0) is 16.6 Å². The van der Waals surface area contributed by atoms with Crippen LogP contribution in [0, 0.1) is 0 Å². The predicted molar refractivity (Wildman–Crippen MR) is 200 cm³/mol. The minimum Gasteiger partial charge on any atom is -1.00 e. The zero-order valence-corrected chi connectivity index (χ0v) is 33.3. The largest absolute Gasteiger partial charge is 1.00 e. The number of halogens is 2. The molecule has 254 valence electrons. The second-order valence-corrected chi connectivity index (χ2v) is 22.9. The summed E-state index contributed by atoms with van der Waals surface area (Å²) in [5.41, 5.74) is 18.5. The molecule has 1 heterocycles. The van der Waals surface area contributed by atoms with E-state index < -0.39 is 16.6 Å². The van der Waals surface area contributed by atoms with Crippen molar-refractivity contribution in [3.8, 4) is 22.3 Å². The smallest absolute Gasteiger partial charge is 1.00 e. The minimum absolute atomic E-state index is 0. The molecule has 4 aromatic rings. The van der Waals surface area contributed by atoms with Crippen molar-refractivity contribution < 1.29 is 41.4 Å². The van der Waals surface area contributed by atoms with Gasteiger partial charge in [-0.15, -0.1) is 0 Å². The second kappa shape index (κ2) is 14.3. The molecule has 4 atom stereocenters. The van der Waals surface area contributed by atoms with Crippen LogP contribution in [0.15, 0.2) is 96.1 Å². The zero-order chi connectivity index (χ0) is 32.4. The van der Waals surface area contributed by atoms with Crippen molar-refractivity contribution >= 4 is 12.2 Å². The van der Waals surface area contributed by atoms with Gasteiger partial charge in [-0.25, -0.2) is 0 Å². The van der Waals surface area contributed by atoms with Gasteiger partial charge in [-0.05, 0) is 0 Å². The molecule has 1 saturated heterocycles. The summed E-state index contributed by atoms with van der Waals surface area (Å²) in [6.07, 6.45) is 13.5. The Hall–Kier alpha value is -2.35. The fourth-order valence-corrected chi connectivity index (χ4v) is 24.9. The Bertz CT molecular complexity index is 1740. The van der Waals surface area contributed by atoms with E-state index >= 15 is 0 Å². The van der Waals surface area contributed by atoms with Crippen LogP contribution < -0.4 is 24.8 Å². The van der Waals surface area contributed by atoms with Crippen molar-refractivity contribution in [3.63, 3.8) is 0 Å². The van der Waals surface area contributed by atoms with Crippen LogP contribution in [0.3, 0.4) is 0 Å². The first-order chi connectivity index (χ1) is 22.9. The number of hydrogen-bond acceptors (Lipinski definition) is 0. The van der Waals surface area contributed by atoms with Crippen LogP contribution in [0.4, 0.5) is 0 Å². The fraction of sp³-hybridized carbons (Fsp3) is 0.391. The summed E-state index contributed by atoms with van der Waals surface area (Å²) in [6.45, 7) is 14.1. The maximum atomic E-state index is 2.68. The fourth-order valence-electron chi connectivity index (χ4n) is 10.6. The number of allylic oxidation sites excluding steroid dienone is 2. The SMILES string of the molecule is CCC1=Cc2c(-c3ccc(C(C)C)cc3)cccc2[CH]1[Ti+2]1([CH]2C(CC)=Cc3c(-c4ccc(C(C)C)cc4)cccc32)[CH]2CCCC[CH]21.[Cl-].[Cl-]. The number of benzene rings is 4. The molecule has 0 radical (unpaired) electrons. The molecule has 0 amide bonds. The average Bonchev–Trinajstić information content (AvgIpc) is 3.37. The van der Waals surface area contributed by atoms with Gasteiger partial charge in [0.25, 0.3) is 0 Å². The number of rotatable bonds is 8. The van der Waals surface area contributed by atoms with Crippen molar-refractivity contribution in [1.82, 2.24) is 0 Å². The first-order valence-electron chi connectivity index (χ1n) is 18.8. The molecule has 1 saturated carbocycles. The van der Waals surface area contributed by atoms with E-state index in [4.69, 9.17) is 0 Å².